The number of fused-ring (bicyclic) bond motifs is 1. The number of hydrogen-bond donors (Lipinski definition) is 3. The maximum Gasteiger partial charge on any atom is 0.269 e. The SMILES string of the molecule is CCC(NC(C)C)C(O)C1=CC=C(O)C2=NC(=O)C=CC12.Cl.O. The van der Waals surface area contributed by atoms with E-state index in [9.17, 15) is 15.0 Å². The first-order chi connectivity index (χ1) is 9.93. The number of halogens is 1. The standard InChI is InChI=1S/C16H22N2O3.ClH.H2O/c1-4-12(17-9(2)3)16(21)11-5-7-13(19)15-10(11)6-8-14(20)18-15;;/h5-10,12,16-17,19,21H,4H2,1-3H3;1H;1H2. The van der Waals surface area contributed by atoms with Gasteiger partial charge in [-0.3, -0.25) is 4.79 Å². The molecule has 3 atom stereocenters. The second-order valence-electron chi connectivity index (χ2n) is 5.67. The third-order valence-corrected chi connectivity index (χ3v) is 3.72. The molecule has 1 aliphatic heterocycles. The van der Waals surface area contributed by atoms with E-state index in [0.717, 1.165) is 12.0 Å². The molecule has 0 radical (unpaired) electrons. The van der Waals surface area contributed by atoms with Crippen LogP contribution in [0, 0.1) is 5.92 Å². The van der Waals surface area contributed by atoms with Crippen molar-refractivity contribution in [1.29, 1.82) is 0 Å². The van der Waals surface area contributed by atoms with Gasteiger partial charge in [0.15, 0.2) is 0 Å². The van der Waals surface area contributed by atoms with Gasteiger partial charge >= 0.3 is 0 Å². The summed E-state index contributed by atoms with van der Waals surface area (Å²) in [5, 5.41) is 23.9. The summed E-state index contributed by atoms with van der Waals surface area (Å²) in [4.78, 5) is 15.2. The van der Waals surface area contributed by atoms with E-state index in [0.29, 0.717) is 5.71 Å². The van der Waals surface area contributed by atoms with Crippen molar-refractivity contribution < 1.29 is 20.5 Å². The summed E-state index contributed by atoms with van der Waals surface area (Å²) < 4.78 is 0. The molecular formula is C16H25ClN2O4. The third kappa shape index (κ3) is 4.75. The lowest BCUT2D eigenvalue weighted by molar-refractivity contribution is -0.113. The van der Waals surface area contributed by atoms with Gasteiger partial charge in [0.25, 0.3) is 5.91 Å². The number of dihydropyridines is 1. The number of carbonyl (C=O) groups is 1. The van der Waals surface area contributed by atoms with Gasteiger partial charge < -0.3 is 21.0 Å². The number of nitrogens with one attached hydrogen (secondary N) is 1. The van der Waals surface area contributed by atoms with Crippen LogP contribution in [0.15, 0.2) is 40.6 Å². The van der Waals surface area contributed by atoms with Crippen LogP contribution >= 0.6 is 12.4 Å². The quantitative estimate of drug-likeness (QED) is 0.696. The topological polar surface area (TPSA) is 113 Å². The zero-order valence-electron chi connectivity index (χ0n) is 13.5. The van der Waals surface area contributed by atoms with Gasteiger partial charge in [0.2, 0.25) is 0 Å². The van der Waals surface area contributed by atoms with Crippen LogP contribution in [0.5, 0.6) is 0 Å². The first kappa shape index (κ1) is 21.5. The normalized spacial score (nSPS) is 22.0. The Hall–Kier alpha value is -1.47. The van der Waals surface area contributed by atoms with Crippen molar-refractivity contribution in [3.63, 3.8) is 0 Å². The number of carbonyl (C=O) groups excluding carboxylic acids is 1. The van der Waals surface area contributed by atoms with Crippen LogP contribution in [-0.2, 0) is 4.79 Å². The molecule has 0 saturated heterocycles. The number of nitrogens with zero attached hydrogens (tertiary/aromatic N) is 1. The molecule has 2 aliphatic rings. The van der Waals surface area contributed by atoms with Crippen LogP contribution in [0.4, 0.5) is 0 Å². The highest BCUT2D eigenvalue weighted by molar-refractivity contribution is 6.13. The summed E-state index contributed by atoms with van der Waals surface area (Å²) in [5.41, 5.74) is 1.06. The minimum absolute atomic E-state index is 0. The summed E-state index contributed by atoms with van der Waals surface area (Å²) in [6.45, 7) is 6.07. The molecule has 0 spiro atoms. The number of rotatable bonds is 5. The molecule has 1 aliphatic carbocycles. The minimum atomic E-state index is -0.699. The molecule has 0 saturated carbocycles. The number of amides is 1. The first-order valence-electron chi connectivity index (χ1n) is 7.30. The van der Waals surface area contributed by atoms with Gasteiger partial charge in [0, 0.05) is 24.1 Å². The molecule has 0 aromatic rings. The van der Waals surface area contributed by atoms with Crippen LogP contribution < -0.4 is 5.32 Å². The maximum atomic E-state index is 11.4. The molecule has 1 heterocycles. The lowest BCUT2D eigenvalue weighted by Gasteiger charge is -2.32. The number of allylic oxidation sites excluding steroid dienone is 4. The molecule has 6 nitrogen and oxygen atoms in total. The number of aliphatic imine (C=N–C) groups is 1. The summed E-state index contributed by atoms with van der Waals surface area (Å²) in [7, 11) is 0. The Labute approximate surface area is 142 Å². The smallest absolute Gasteiger partial charge is 0.269 e. The second-order valence-corrected chi connectivity index (χ2v) is 5.67. The molecule has 3 unspecified atom stereocenters. The van der Waals surface area contributed by atoms with Gasteiger partial charge in [-0.05, 0) is 18.1 Å². The summed E-state index contributed by atoms with van der Waals surface area (Å²) in [6.07, 6.45) is 6.34. The van der Waals surface area contributed by atoms with Crippen LogP contribution in [0.3, 0.4) is 0 Å². The molecule has 2 rings (SSSR count). The van der Waals surface area contributed by atoms with Crippen LogP contribution in [-0.4, -0.2) is 45.5 Å². The lowest BCUT2D eigenvalue weighted by atomic mass is 9.81. The highest BCUT2D eigenvalue weighted by Gasteiger charge is 2.33. The van der Waals surface area contributed by atoms with Crippen LogP contribution in [0.1, 0.15) is 27.2 Å². The largest absolute Gasteiger partial charge is 0.506 e. The van der Waals surface area contributed by atoms with E-state index in [1.54, 1.807) is 12.2 Å². The zero-order valence-corrected chi connectivity index (χ0v) is 14.3. The predicted octanol–water partition coefficient (Wildman–Crippen LogP) is 1.26. The van der Waals surface area contributed by atoms with Crippen molar-refractivity contribution in [1.82, 2.24) is 5.32 Å². The highest BCUT2D eigenvalue weighted by atomic mass is 35.5. The first-order valence-corrected chi connectivity index (χ1v) is 7.30. The second kappa shape index (κ2) is 8.98. The van der Waals surface area contributed by atoms with Crippen LogP contribution in [0.2, 0.25) is 0 Å². The Bertz CT molecular complexity index is 552. The van der Waals surface area contributed by atoms with Gasteiger partial charge in [-0.25, -0.2) is 4.99 Å². The minimum Gasteiger partial charge on any atom is -0.506 e. The fourth-order valence-corrected chi connectivity index (χ4v) is 2.72. The summed E-state index contributed by atoms with van der Waals surface area (Å²) >= 11 is 0. The van der Waals surface area contributed by atoms with Gasteiger partial charge in [-0.2, -0.15) is 0 Å². The monoisotopic (exact) mass is 344 g/mol. The van der Waals surface area contributed by atoms with Crippen molar-refractivity contribution in [3.05, 3.63) is 35.6 Å². The van der Waals surface area contributed by atoms with Crippen molar-refractivity contribution in [2.45, 2.75) is 45.4 Å². The molecule has 1 amide bonds. The molecule has 0 bridgehead atoms. The average molecular weight is 345 g/mol. The molecule has 130 valence electrons. The van der Waals surface area contributed by atoms with E-state index in [2.05, 4.69) is 10.3 Å². The Morgan fingerprint density at radius 2 is 2.00 bits per heavy atom. The van der Waals surface area contributed by atoms with E-state index in [-0.39, 0.29) is 47.6 Å². The van der Waals surface area contributed by atoms with Gasteiger partial charge in [-0.1, -0.05) is 32.9 Å². The molecule has 7 heteroatoms. The fourth-order valence-electron chi connectivity index (χ4n) is 2.72. The molecule has 0 aromatic heterocycles. The van der Waals surface area contributed by atoms with Crippen molar-refractivity contribution >= 4 is 24.0 Å². The zero-order chi connectivity index (χ0) is 15.6. The number of hydrogen-bond acceptors (Lipinski definition) is 4. The Morgan fingerprint density at radius 1 is 1.35 bits per heavy atom. The van der Waals surface area contributed by atoms with E-state index < -0.39 is 6.10 Å². The molecule has 0 fully saturated rings. The number of aliphatic hydroxyl groups excluding tert-OH is 2. The average Bonchev–Trinajstić information content (AvgIpc) is 2.45. The van der Waals surface area contributed by atoms with Crippen molar-refractivity contribution in [3.8, 4) is 0 Å². The molecule has 0 aromatic carbocycles. The molecular weight excluding hydrogens is 320 g/mol. The fraction of sp³-hybridized carbons (Fsp3) is 0.500. The third-order valence-electron chi connectivity index (χ3n) is 3.72. The maximum absolute atomic E-state index is 11.4. The van der Waals surface area contributed by atoms with Gasteiger partial charge in [0.1, 0.15) is 5.76 Å². The van der Waals surface area contributed by atoms with Crippen molar-refractivity contribution in [2.75, 3.05) is 0 Å². The molecule has 5 N–H and O–H groups in total. The summed E-state index contributed by atoms with van der Waals surface area (Å²) in [6, 6.07) is 0.173. The lowest BCUT2D eigenvalue weighted by Crippen LogP contribution is -2.46. The number of aliphatic hydroxyl groups is 2. The Kier molecular flexibility index (Phi) is 8.41. The van der Waals surface area contributed by atoms with Crippen LogP contribution in [0.25, 0.3) is 0 Å². The highest BCUT2D eigenvalue weighted by Crippen LogP contribution is 2.30. The van der Waals surface area contributed by atoms with Crippen molar-refractivity contribution in [2.24, 2.45) is 10.9 Å². The van der Waals surface area contributed by atoms with E-state index in [1.165, 1.54) is 12.2 Å². The van der Waals surface area contributed by atoms with E-state index >= 15 is 0 Å². The van der Waals surface area contributed by atoms with Gasteiger partial charge in [-0.15, -0.1) is 12.4 Å². The van der Waals surface area contributed by atoms with Gasteiger partial charge in [0.05, 0.1) is 11.8 Å². The Morgan fingerprint density at radius 3 is 2.57 bits per heavy atom. The molecule has 23 heavy (non-hydrogen) atoms. The summed E-state index contributed by atoms with van der Waals surface area (Å²) in [5.74, 6) is -0.742. The predicted molar refractivity (Wildman–Crippen MR) is 93.1 cm³/mol. The Balaban J connectivity index is 0.00000242. The van der Waals surface area contributed by atoms with E-state index in [1.807, 2.05) is 20.8 Å². The van der Waals surface area contributed by atoms with E-state index in [4.69, 9.17) is 0 Å².